The summed E-state index contributed by atoms with van der Waals surface area (Å²) in [6.45, 7) is 8.21. The van der Waals surface area contributed by atoms with Gasteiger partial charge in [0.1, 0.15) is 0 Å². The molecular formula is C14H23NO2S. The molecule has 0 saturated carbocycles. The second-order valence-corrected chi connectivity index (χ2v) is 7.75. The first-order chi connectivity index (χ1) is 8.30. The van der Waals surface area contributed by atoms with E-state index in [2.05, 4.69) is 13.8 Å². The van der Waals surface area contributed by atoms with Gasteiger partial charge in [-0.3, -0.25) is 0 Å². The van der Waals surface area contributed by atoms with Crippen LogP contribution in [0.15, 0.2) is 29.2 Å². The van der Waals surface area contributed by atoms with Crippen LogP contribution < -0.4 is 5.73 Å². The standard InChI is InChI=1S/C14H23NO2S/c1-10(2)14(9-15)12-5-7-13(8-6-12)18(16,17)11(3)4/h5-8,10-11,14H,9,15H2,1-4H3. The lowest BCUT2D eigenvalue weighted by atomic mass is 9.89. The van der Waals surface area contributed by atoms with Gasteiger partial charge in [0.2, 0.25) is 0 Å². The molecule has 0 aliphatic rings. The summed E-state index contributed by atoms with van der Waals surface area (Å²) in [5.74, 6) is 0.725. The average Bonchev–Trinajstić information content (AvgIpc) is 2.30. The van der Waals surface area contributed by atoms with E-state index < -0.39 is 15.1 Å². The fourth-order valence-corrected chi connectivity index (χ4v) is 3.03. The molecular weight excluding hydrogens is 246 g/mol. The van der Waals surface area contributed by atoms with E-state index in [-0.39, 0.29) is 5.92 Å². The van der Waals surface area contributed by atoms with Crippen molar-refractivity contribution in [1.82, 2.24) is 0 Å². The maximum atomic E-state index is 12.0. The van der Waals surface area contributed by atoms with Crippen LogP contribution in [0.1, 0.15) is 39.2 Å². The molecule has 0 amide bonds. The molecule has 1 aromatic carbocycles. The third kappa shape index (κ3) is 3.12. The lowest BCUT2D eigenvalue weighted by Crippen LogP contribution is -2.18. The third-order valence-corrected chi connectivity index (χ3v) is 5.49. The molecule has 18 heavy (non-hydrogen) atoms. The molecule has 2 N–H and O–H groups in total. The van der Waals surface area contributed by atoms with Crippen molar-refractivity contribution in [1.29, 1.82) is 0 Å². The van der Waals surface area contributed by atoms with E-state index in [1.807, 2.05) is 12.1 Å². The topological polar surface area (TPSA) is 60.2 Å². The second-order valence-electron chi connectivity index (χ2n) is 5.25. The van der Waals surface area contributed by atoms with Crippen LogP contribution in [0.3, 0.4) is 0 Å². The Morgan fingerprint density at radius 1 is 1.06 bits per heavy atom. The number of hydrogen-bond donors (Lipinski definition) is 1. The molecule has 1 unspecified atom stereocenters. The molecule has 0 spiro atoms. The second kappa shape index (κ2) is 5.85. The molecule has 1 rings (SSSR count). The average molecular weight is 269 g/mol. The zero-order valence-electron chi connectivity index (χ0n) is 11.6. The monoisotopic (exact) mass is 269 g/mol. The minimum absolute atomic E-state index is 0.279. The molecule has 0 heterocycles. The summed E-state index contributed by atoms with van der Waals surface area (Å²) < 4.78 is 24.0. The van der Waals surface area contributed by atoms with Crippen molar-refractivity contribution in [3.8, 4) is 0 Å². The van der Waals surface area contributed by atoms with Gasteiger partial charge in [0, 0.05) is 0 Å². The quantitative estimate of drug-likeness (QED) is 0.893. The first-order valence-corrected chi connectivity index (χ1v) is 7.89. The van der Waals surface area contributed by atoms with Gasteiger partial charge in [-0.15, -0.1) is 0 Å². The zero-order valence-corrected chi connectivity index (χ0v) is 12.4. The molecule has 0 fully saturated rings. The highest BCUT2D eigenvalue weighted by atomic mass is 32.2. The van der Waals surface area contributed by atoms with Gasteiger partial charge in [0.25, 0.3) is 0 Å². The van der Waals surface area contributed by atoms with Gasteiger partial charge in [-0.2, -0.15) is 0 Å². The minimum atomic E-state index is -3.18. The summed E-state index contributed by atoms with van der Waals surface area (Å²) >= 11 is 0. The summed E-state index contributed by atoms with van der Waals surface area (Å²) in [7, 11) is -3.18. The van der Waals surface area contributed by atoms with Crippen molar-refractivity contribution in [3.05, 3.63) is 29.8 Å². The van der Waals surface area contributed by atoms with E-state index in [0.29, 0.717) is 17.4 Å². The van der Waals surface area contributed by atoms with E-state index in [1.165, 1.54) is 0 Å². The van der Waals surface area contributed by atoms with Crippen LogP contribution >= 0.6 is 0 Å². The summed E-state index contributed by atoms with van der Waals surface area (Å²) in [6, 6.07) is 7.14. The van der Waals surface area contributed by atoms with Crippen molar-refractivity contribution < 1.29 is 8.42 Å². The Labute approximate surface area is 110 Å². The fourth-order valence-electron chi connectivity index (χ4n) is 1.97. The van der Waals surface area contributed by atoms with Crippen LogP contribution in [0.25, 0.3) is 0 Å². The molecule has 1 aromatic rings. The molecule has 1 atom stereocenters. The van der Waals surface area contributed by atoms with E-state index in [1.54, 1.807) is 26.0 Å². The van der Waals surface area contributed by atoms with Crippen LogP contribution in [0.5, 0.6) is 0 Å². The van der Waals surface area contributed by atoms with Crippen LogP contribution in [0, 0.1) is 5.92 Å². The Bertz CT molecular complexity index is 475. The number of benzene rings is 1. The molecule has 0 saturated heterocycles. The molecule has 4 heteroatoms. The minimum Gasteiger partial charge on any atom is -0.330 e. The van der Waals surface area contributed by atoms with E-state index in [0.717, 1.165) is 5.56 Å². The van der Waals surface area contributed by atoms with Gasteiger partial charge in [-0.25, -0.2) is 8.42 Å². The highest BCUT2D eigenvalue weighted by Gasteiger charge is 2.20. The largest absolute Gasteiger partial charge is 0.330 e. The number of nitrogens with two attached hydrogens (primary N) is 1. The summed E-state index contributed by atoms with van der Waals surface area (Å²) in [5.41, 5.74) is 6.87. The SMILES string of the molecule is CC(C)C(CN)c1ccc(S(=O)(=O)C(C)C)cc1. The van der Waals surface area contributed by atoms with Crippen LogP contribution in [-0.2, 0) is 9.84 Å². The lowest BCUT2D eigenvalue weighted by molar-refractivity contribution is 0.506. The van der Waals surface area contributed by atoms with E-state index in [9.17, 15) is 8.42 Å². The number of rotatable bonds is 5. The Morgan fingerprint density at radius 2 is 1.56 bits per heavy atom. The summed E-state index contributed by atoms with van der Waals surface area (Å²) in [4.78, 5) is 0.390. The van der Waals surface area contributed by atoms with Crippen molar-refractivity contribution in [2.45, 2.75) is 43.8 Å². The summed E-state index contributed by atoms with van der Waals surface area (Å²) in [5, 5.41) is -0.390. The number of sulfone groups is 1. The normalized spacial score (nSPS) is 14.2. The van der Waals surface area contributed by atoms with Gasteiger partial charge in [-0.05, 0) is 49.9 Å². The first-order valence-electron chi connectivity index (χ1n) is 6.34. The van der Waals surface area contributed by atoms with Crippen molar-refractivity contribution >= 4 is 9.84 Å². The van der Waals surface area contributed by atoms with Crippen molar-refractivity contribution in [2.24, 2.45) is 11.7 Å². The predicted molar refractivity (Wildman–Crippen MR) is 75.4 cm³/mol. The van der Waals surface area contributed by atoms with Gasteiger partial charge < -0.3 is 5.73 Å². The Kier molecular flexibility index (Phi) is 4.93. The van der Waals surface area contributed by atoms with E-state index in [4.69, 9.17) is 5.73 Å². The third-order valence-electron chi connectivity index (χ3n) is 3.32. The van der Waals surface area contributed by atoms with Crippen molar-refractivity contribution in [3.63, 3.8) is 0 Å². The first kappa shape index (κ1) is 15.2. The molecule has 0 aliphatic carbocycles. The molecule has 0 aromatic heterocycles. The van der Waals surface area contributed by atoms with E-state index >= 15 is 0 Å². The smallest absolute Gasteiger partial charge is 0.180 e. The molecule has 102 valence electrons. The summed E-state index contributed by atoms with van der Waals surface area (Å²) in [6.07, 6.45) is 0. The molecule has 0 aliphatic heterocycles. The predicted octanol–water partition coefficient (Wildman–Crippen LogP) is 2.57. The number of hydrogen-bond acceptors (Lipinski definition) is 3. The van der Waals surface area contributed by atoms with Gasteiger partial charge in [-0.1, -0.05) is 26.0 Å². The fraction of sp³-hybridized carbons (Fsp3) is 0.571. The Morgan fingerprint density at radius 3 is 1.89 bits per heavy atom. The lowest BCUT2D eigenvalue weighted by Gasteiger charge is -2.19. The highest BCUT2D eigenvalue weighted by molar-refractivity contribution is 7.92. The maximum absolute atomic E-state index is 12.0. The highest BCUT2D eigenvalue weighted by Crippen LogP contribution is 2.25. The maximum Gasteiger partial charge on any atom is 0.180 e. The van der Waals surface area contributed by atoms with Gasteiger partial charge in [0.05, 0.1) is 10.1 Å². The van der Waals surface area contributed by atoms with Gasteiger partial charge in [0.15, 0.2) is 9.84 Å². The van der Waals surface area contributed by atoms with Crippen LogP contribution in [-0.4, -0.2) is 20.2 Å². The zero-order chi connectivity index (χ0) is 13.9. The Balaban J connectivity index is 3.07. The van der Waals surface area contributed by atoms with Crippen molar-refractivity contribution in [2.75, 3.05) is 6.54 Å². The van der Waals surface area contributed by atoms with Crippen LogP contribution in [0.2, 0.25) is 0 Å². The van der Waals surface area contributed by atoms with Crippen LogP contribution in [0.4, 0.5) is 0 Å². The molecule has 3 nitrogen and oxygen atoms in total. The Hall–Kier alpha value is -0.870. The molecule has 0 bridgehead atoms. The molecule has 0 radical (unpaired) electrons. The van der Waals surface area contributed by atoms with Gasteiger partial charge >= 0.3 is 0 Å².